The molecule has 3 atom stereocenters. The molecule has 0 saturated heterocycles. The van der Waals surface area contributed by atoms with E-state index in [9.17, 15) is 24.9 Å². The second kappa shape index (κ2) is 34.1. The van der Waals surface area contributed by atoms with Gasteiger partial charge in [-0.25, -0.2) is 0 Å². The molecule has 0 heterocycles. The minimum Gasteiger partial charge on any atom is -0.463 e. The van der Waals surface area contributed by atoms with Gasteiger partial charge in [0.2, 0.25) is 0 Å². The lowest BCUT2D eigenvalue weighted by atomic mass is 10.0. The normalized spacial score (nSPS) is 14.1. The highest BCUT2D eigenvalue weighted by molar-refractivity contribution is 5.69. The van der Waals surface area contributed by atoms with Crippen molar-refractivity contribution in [2.45, 2.75) is 173 Å². The van der Waals surface area contributed by atoms with Crippen molar-refractivity contribution < 1.29 is 34.4 Å². The van der Waals surface area contributed by atoms with Gasteiger partial charge >= 0.3 is 11.9 Å². The van der Waals surface area contributed by atoms with Crippen LogP contribution in [-0.4, -0.2) is 58.8 Å². The number of esters is 2. The molecule has 0 rings (SSSR count). The Hall–Kier alpha value is -2.22. The van der Waals surface area contributed by atoms with Crippen molar-refractivity contribution in [3.8, 4) is 0 Å². The number of aliphatic hydroxyl groups is 3. The van der Waals surface area contributed by atoms with Crippen LogP contribution in [0.15, 0.2) is 48.6 Å². The minimum atomic E-state index is -1.05. The van der Waals surface area contributed by atoms with Crippen molar-refractivity contribution in [3.63, 3.8) is 0 Å². The van der Waals surface area contributed by atoms with E-state index in [0.29, 0.717) is 19.3 Å². The summed E-state index contributed by atoms with van der Waals surface area (Å²) >= 11 is 0. The summed E-state index contributed by atoms with van der Waals surface area (Å²) in [7, 11) is 0. The van der Waals surface area contributed by atoms with E-state index in [1.54, 1.807) is 12.2 Å². The molecule has 7 nitrogen and oxygen atoms in total. The Bertz CT molecular complexity index is 817. The number of carbonyl (C=O) groups excluding carboxylic acids is 2. The van der Waals surface area contributed by atoms with Gasteiger partial charge in [0.05, 0.1) is 12.2 Å². The second-order valence-electron chi connectivity index (χ2n) is 12.4. The fourth-order valence-electron chi connectivity index (χ4n) is 4.89. The van der Waals surface area contributed by atoms with E-state index in [1.807, 2.05) is 36.5 Å². The van der Waals surface area contributed by atoms with Gasteiger partial charge in [-0.15, -0.1) is 0 Å². The number of hydrogen-bond acceptors (Lipinski definition) is 7. The van der Waals surface area contributed by atoms with Gasteiger partial charge in [0.1, 0.15) is 19.3 Å². The maximum Gasteiger partial charge on any atom is 0.305 e. The zero-order chi connectivity index (χ0) is 33.9. The second-order valence-corrected chi connectivity index (χ2v) is 12.4. The van der Waals surface area contributed by atoms with Crippen LogP contribution in [0.5, 0.6) is 0 Å². The third-order valence-electron chi connectivity index (χ3n) is 7.78. The van der Waals surface area contributed by atoms with Gasteiger partial charge in [-0.1, -0.05) is 159 Å². The van der Waals surface area contributed by atoms with Crippen molar-refractivity contribution in [2.75, 3.05) is 13.2 Å². The highest BCUT2D eigenvalue weighted by Gasteiger charge is 2.12. The molecule has 0 fully saturated rings. The number of rotatable bonds is 32. The molecule has 0 unspecified atom stereocenters. The van der Waals surface area contributed by atoms with Gasteiger partial charge in [-0.2, -0.15) is 0 Å². The molecule has 0 aromatic rings. The lowest BCUT2D eigenvalue weighted by molar-refractivity contribution is -0.152. The van der Waals surface area contributed by atoms with Crippen LogP contribution in [0, 0.1) is 0 Å². The average molecular weight is 649 g/mol. The molecule has 266 valence electrons. The van der Waals surface area contributed by atoms with E-state index in [-0.39, 0.29) is 31.7 Å². The van der Waals surface area contributed by atoms with E-state index in [1.165, 1.54) is 64.2 Å². The van der Waals surface area contributed by atoms with E-state index < -0.39 is 18.2 Å². The van der Waals surface area contributed by atoms with Gasteiger partial charge in [-0.05, 0) is 32.1 Å². The van der Waals surface area contributed by atoms with Crippen LogP contribution in [0.25, 0.3) is 0 Å². The van der Waals surface area contributed by atoms with Crippen molar-refractivity contribution in [1.29, 1.82) is 0 Å². The summed E-state index contributed by atoms with van der Waals surface area (Å²) < 4.78 is 10.2. The fraction of sp³-hybridized carbons (Fsp3) is 0.744. The third kappa shape index (κ3) is 33.2. The molecule has 0 aliphatic rings. The number of hydrogen-bond donors (Lipinski definition) is 3. The molecule has 3 N–H and O–H groups in total. The Balaban J connectivity index is 3.71. The summed E-state index contributed by atoms with van der Waals surface area (Å²) in [5.41, 5.74) is 0. The first-order valence-electron chi connectivity index (χ1n) is 18.4. The lowest BCUT2D eigenvalue weighted by Gasteiger charge is -2.12. The number of allylic oxidation sites excluding steroid dienone is 6. The monoisotopic (exact) mass is 648 g/mol. The Labute approximate surface area is 281 Å². The summed E-state index contributed by atoms with van der Waals surface area (Å²) in [6.45, 7) is 3.99. The molecular weight excluding hydrogens is 580 g/mol. The fourth-order valence-corrected chi connectivity index (χ4v) is 4.89. The minimum absolute atomic E-state index is 0.137. The van der Waals surface area contributed by atoms with Gasteiger partial charge in [-0.3, -0.25) is 9.59 Å². The maximum absolute atomic E-state index is 11.9. The zero-order valence-electron chi connectivity index (χ0n) is 29.3. The van der Waals surface area contributed by atoms with Crippen LogP contribution < -0.4 is 0 Å². The summed E-state index contributed by atoms with van der Waals surface area (Å²) in [6.07, 6.45) is 35.2. The Kier molecular flexibility index (Phi) is 32.5. The predicted molar refractivity (Wildman–Crippen MR) is 189 cm³/mol. The van der Waals surface area contributed by atoms with Gasteiger partial charge in [0.25, 0.3) is 0 Å². The molecule has 46 heavy (non-hydrogen) atoms. The van der Waals surface area contributed by atoms with Crippen molar-refractivity contribution >= 4 is 11.9 Å². The third-order valence-corrected chi connectivity index (χ3v) is 7.78. The summed E-state index contributed by atoms with van der Waals surface area (Å²) in [5.74, 6) is -0.786. The molecule has 7 heteroatoms. The zero-order valence-corrected chi connectivity index (χ0v) is 29.3. The maximum atomic E-state index is 11.9. The summed E-state index contributed by atoms with van der Waals surface area (Å²) in [5, 5.41) is 29.9. The van der Waals surface area contributed by atoms with Crippen LogP contribution in [0.2, 0.25) is 0 Å². The van der Waals surface area contributed by atoms with Crippen LogP contribution in [-0.2, 0) is 19.1 Å². The molecule has 0 radical (unpaired) electrons. The van der Waals surface area contributed by atoms with E-state index in [4.69, 9.17) is 9.47 Å². The first kappa shape index (κ1) is 43.8. The average Bonchev–Trinajstić information content (AvgIpc) is 3.04. The molecule has 0 saturated carbocycles. The van der Waals surface area contributed by atoms with Crippen LogP contribution in [0.4, 0.5) is 0 Å². The van der Waals surface area contributed by atoms with E-state index >= 15 is 0 Å². The number of ether oxygens (including phenoxy) is 2. The Morgan fingerprint density at radius 3 is 1.39 bits per heavy atom. The highest BCUT2D eigenvalue weighted by Crippen LogP contribution is 2.13. The molecule has 0 aliphatic carbocycles. The van der Waals surface area contributed by atoms with E-state index in [0.717, 1.165) is 51.4 Å². The number of carbonyl (C=O) groups is 2. The van der Waals surface area contributed by atoms with Crippen LogP contribution in [0.1, 0.15) is 155 Å². The van der Waals surface area contributed by atoms with Crippen LogP contribution >= 0.6 is 0 Å². The smallest absolute Gasteiger partial charge is 0.305 e. The largest absolute Gasteiger partial charge is 0.463 e. The van der Waals surface area contributed by atoms with Crippen molar-refractivity contribution in [3.05, 3.63) is 48.6 Å². The van der Waals surface area contributed by atoms with Crippen molar-refractivity contribution in [2.24, 2.45) is 0 Å². The summed E-state index contributed by atoms with van der Waals surface area (Å²) in [4.78, 5) is 23.9. The molecule has 0 amide bonds. The topological polar surface area (TPSA) is 113 Å². The predicted octanol–water partition coefficient (Wildman–Crippen LogP) is 9.00. The number of unbranched alkanes of at least 4 members (excludes halogenated alkanes) is 14. The Morgan fingerprint density at radius 2 is 0.913 bits per heavy atom. The molecule has 0 spiro atoms. The molecular formula is C39H68O7. The first-order valence-corrected chi connectivity index (χ1v) is 18.4. The molecule has 0 bridgehead atoms. The Morgan fingerprint density at radius 1 is 0.522 bits per heavy atom. The molecule has 0 aliphatic heterocycles. The molecule has 0 aromatic heterocycles. The first-order chi connectivity index (χ1) is 22.4. The standard InChI is InChI=1S/C39H68O7/c1-3-5-7-8-9-10-11-12-13-14-18-21-25-31-38(43)45-33-37(42)34-46-39(44)32-26-30-36(41)29-24-20-17-15-16-19-23-28-35(40)27-22-6-4-2/h16-17,19-20,23-24,28-29,35-37,40-42H,3-15,18,21-22,25-27,30-34H2,1-2H3/b19-16-,20-17-,28-23+,29-24+/t35-,36-,37-/m0/s1. The van der Waals surface area contributed by atoms with Crippen LogP contribution in [0.3, 0.4) is 0 Å². The molecule has 0 aromatic carbocycles. The SMILES string of the molecule is CCCCCCCCCCCCCCCC(=O)OC[C@H](O)COC(=O)CCC[C@@H](O)/C=C/C=C\C/C=C\C=C\[C@@H](O)CCCCC. The summed E-state index contributed by atoms with van der Waals surface area (Å²) in [6, 6.07) is 0. The van der Waals surface area contributed by atoms with Crippen molar-refractivity contribution in [1.82, 2.24) is 0 Å². The highest BCUT2D eigenvalue weighted by atomic mass is 16.6. The van der Waals surface area contributed by atoms with E-state index in [2.05, 4.69) is 13.8 Å². The lowest BCUT2D eigenvalue weighted by Crippen LogP contribution is -2.25. The van der Waals surface area contributed by atoms with Gasteiger partial charge < -0.3 is 24.8 Å². The van der Waals surface area contributed by atoms with Gasteiger partial charge in [0, 0.05) is 12.8 Å². The quantitative estimate of drug-likeness (QED) is 0.0379. The van der Waals surface area contributed by atoms with Gasteiger partial charge in [0.15, 0.2) is 0 Å². The number of aliphatic hydroxyl groups excluding tert-OH is 3.